The Balaban J connectivity index is 1.56. The summed E-state index contributed by atoms with van der Waals surface area (Å²) in [6, 6.07) is 9.10. The second kappa shape index (κ2) is 8.41. The molecule has 29 heavy (non-hydrogen) atoms. The third-order valence-corrected chi connectivity index (χ3v) is 7.18. The molecule has 5 heteroatoms. The highest BCUT2D eigenvalue weighted by atomic mass is 32.1. The van der Waals surface area contributed by atoms with Crippen LogP contribution in [0.4, 0.5) is 0 Å². The Morgan fingerprint density at radius 3 is 2.45 bits per heavy atom. The lowest BCUT2D eigenvalue weighted by atomic mass is 9.93. The Bertz CT molecular complexity index is 1050. The Labute approximate surface area is 176 Å². The number of hydrogen-bond donors (Lipinski definition) is 2. The second-order valence-corrected chi connectivity index (χ2v) is 9.91. The molecule has 154 valence electrons. The zero-order chi connectivity index (χ0) is 20.5. The Morgan fingerprint density at radius 2 is 1.76 bits per heavy atom. The molecule has 0 spiro atoms. The summed E-state index contributed by atoms with van der Waals surface area (Å²) in [5.74, 6) is 1.70. The van der Waals surface area contributed by atoms with E-state index in [0.29, 0.717) is 18.4 Å². The number of aromatic amines is 1. The van der Waals surface area contributed by atoms with Gasteiger partial charge < -0.3 is 10.3 Å². The summed E-state index contributed by atoms with van der Waals surface area (Å²) < 4.78 is 0. The molecule has 0 radical (unpaired) electrons. The highest BCUT2D eigenvalue weighted by Gasteiger charge is 2.21. The number of H-pyrrole nitrogens is 1. The number of thiophene rings is 1. The van der Waals surface area contributed by atoms with Gasteiger partial charge in [-0.05, 0) is 54.2 Å². The van der Waals surface area contributed by atoms with Crippen molar-refractivity contribution >= 4 is 21.6 Å². The number of rotatable bonds is 6. The molecule has 3 aromatic rings. The summed E-state index contributed by atoms with van der Waals surface area (Å²) in [7, 11) is 0. The van der Waals surface area contributed by atoms with Crippen molar-refractivity contribution in [3.05, 3.63) is 62.0 Å². The first-order valence-corrected chi connectivity index (χ1v) is 11.6. The van der Waals surface area contributed by atoms with Gasteiger partial charge in [-0.3, -0.25) is 4.79 Å². The quantitative estimate of drug-likeness (QED) is 0.567. The predicted molar refractivity (Wildman–Crippen MR) is 122 cm³/mol. The zero-order valence-electron chi connectivity index (χ0n) is 17.8. The van der Waals surface area contributed by atoms with E-state index >= 15 is 0 Å². The van der Waals surface area contributed by atoms with Gasteiger partial charge in [-0.15, -0.1) is 11.3 Å². The summed E-state index contributed by atoms with van der Waals surface area (Å²) in [4.78, 5) is 22.9. The van der Waals surface area contributed by atoms with Crippen molar-refractivity contribution in [2.24, 2.45) is 5.92 Å². The van der Waals surface area contributed by atoms with Crippen molar-refractivity contribution in [2.45, 2.75) is 71.9 Å². The van der Waals surface area contributed by atoms with Crippen LogP contribution in [0.2, 0.25) is 0 Å². The molecule has 1 aromatic carbocycles. The monoisotopic (exact) mass is 409 g/mol. The molecule has 0 amide bonds. The molecule has 2 aromatic heterocycles. The lowest BCUT2D eigenvalue weighted by Crippen LogP contribution is -2.27. The molecule has 0 saturated heterocycles. The molecule has 4 rings (SSSR count). The summed E-state index contributed by atoms with van der Waals surface area (Å²) in [6.07, 6.45) is 4.50. The van der Waals surface area contributed by atoms with Gasteiger partial charge in [0.2, 0.25) is 0 Å². The van der Waals surface area contributed by atoms with Crippen LogP contribution in [0.15, 0.2) is 29.1 Å². The van der Waals surface area contributed by atoms with E-state index in [1.165, 1.54) is 34.4 Å². The fraction of sp³-hybridized carbons (Fsp3) is 0.500. The van der Waals surface area contributed by atoms with Crippen molar-refractivity contribution in [3.63, 3.8) is 0 Å². The largest absolute Gasteiger partial charge is 0.309 e. The topological polar surface area (TPSA) is 57.8 Å². The molecule has 1 aliphatic rings. The molecule has 1 atom stereocenters. The Kier molecular flexibility index (Phi) is 5.88. The molecule has 0 saturated carbocycles. The second-order valence-electron chi connectivity index (χ2n) is 8.83. The number of hydrogen-bond acceptors (Lipinski definition) is 4. The van der Waals surface area contributed by atoms with Crippen molar-refractivity contribution in [1.29, 1.82) is 0 Å². The molecule has 0 bridgehead atoms. The third-order valence-electron chi connectivity index (χ3n) is 5.99. The standard InChI is InChI=1S/C24H31N3OS/c1-14(2)16-9-11-17(12-10-16)22(15(3)4)25-13-20-26-23(28)21-18-7-5-6-8-19(18)29-24(21)27-20/h9-12,14-15,22,25H,5-8,13H2,1-4H3,(H,26,27,28)/t22-/m0/s1. The number of nitrogens with one attached hydrogen (secondary N) is 2. The molecule has 0 unspecified atom stereocenters. The lowest BCUT2D eigenvalue weighted by molar-refractivity contribution is 0.406. The summed E-state index contributed by atoms with van der Waals surface area (Å²) >= 11 is 1.71. The minimum atomic E-state index is 0.0218. The van der Waals surface area contributed by atoms with Crippen molar-refractivity contribution in [2.75, 3.05) is 0 Å². The normalized spacial score (nSPS) is 15.2. The maximum absolute atomic E-state index is 12.8. The van der Waals surface area contributed by atoms with Gasteiger partial charge in [-0.2, -0.15) is 0 Å². The van der Waals surface area contributed by atoms with Crippen LogP contribution in [0.25, 0.3) is 10.2 Å². The van der Waals surface area contributed by atoms with E-state index in [-0.39, 0.29) is 11.6 Å². The molecule has 2 heterocycles. The minimum absolute atomic E-state index is 0.0218. The minimum Gasteiger partial charge on any atom is -0.309 e. The number of benzene rings is 1. The molecule has 4 nitrogen and oxygen atoms in total. The number of aromatic nitrogens is 2. The molecule has 2 N–H and O–H groups in total. The molecular formula is C24H31N3OS. The van der Waals surface area contributed by atoms with Crippen LogP contribution in [0, 0.1) is 5.92 Å². The van der Waals surface area contributed by atoms with Crippen LogP contribution >= 0.6 is 11.3 Å². The molecular weight excluding hydrogens is 378 g/mol. The summed E-state index contributed by atoms with van der Waals surface area (Å²) in [5, 5.41) is 4.46. The number of fused-ring (bicyclic) bond motifs is 3. The van der Waals surface area contributed by atoms with Gasteiger partial charge >= 0.3 is 0 Å². The van der Waals surface area contributed by atoms with Crippen LogP contribution in [-0.2, 0) is 19.4 Å². The maximum atomic E-state index is 12.8. The van der Waals surface area contributed by atoms with E-state index in [0.717, 1.165) is 28.9 Å². The van der Waals surface area contributed by atoms with Crippen molar-refractivity contribution < 1.29 is 0 Å². The van der Waals surface area contributed by atoms with Gasteiger partial charge in [0, 0.05) is 10.9 Å². The van der Waals surface area contributed by atoms with Gasteiger partial charge in [0.05, 0.1) is 11.9 Å². The SMILES string of the molecule is CC(C)c1ccc([C@@H](NCc2nc3sc4c(c3c(=O)[nH]2)CCCC4)C(C)C)cc1. The highest BCUT2D eigenvalue weighted by molar-refractivity contribution is 7.18. The van der Waals surface area contributed by atoms with Crippen LogP contribution in [0.5, 0.6) is 0 Å². The highest BCUT2D eigenvalue weighted by Crippen LogP contribution is 2.33. The van der Waals surface area contributed by atoms with Gasteiger partial charge in [-0.1, -0.05) is 52.0 Å². The van der Waals surface area contributed by atoms with Gasteiger partial charge in [0.15, 0.2) is 0 Å². The van der Waals surface area contributed by atoms with E-state index in [4.69, 9.17) is 4.98 Å². The molecule has 0 aliphatic heterocycles. The van der Waals surface area contributed by atoms with E-state index in [9.17, 15) is 4.79 Å². The molecule has 1 aliphatic carbocycles. The van der Waals surface area contributed by atoms with Gasteiger partial charge in [0.1, 0.15) is 10.7 Å². The fourth-order valence-electron chi connectivity index (χ4n) is 4.33. The van der Waals surface area contributed by atoms with E-state index < -0.39 is 0 Å². The van der Waals surface area contributed by atoms with E-state index in [1.54, 1.807) is 11.3 Å². The Hall–Kier alpha value is -1.98. The molecule has 0 fully saturated rings. The van der Waals surface area contributed by atoms with Crippen LogP contribution in [-0.4, -0.2) is 9.97 Å². The third kappa shape index (κ3) is 4.17. The van der Waals surface area contributed by atoms with Crippen molar-refractivity contribution in [3.8, 4) is 0 Å². The van der Waals surface area contributed by atoms with E-state index in [2.05, 4.69) is 62.3 Å². The zero-order valence-corrected chi connectivity index (χ0v) is 18.7. The summed E-state index contributed by atoms with van der Waals surface area (Å²) in [5.41, 5.74) is 3.90. The predicted octanol–water partition coefficient (Wildman–Crippen LogP) is 5.47. The fourth-order valence-corrected chi connectivity index (χ4v) is 5.61. The first-order valence-electron chi connectivity index (χ1n) is 10.8. The van der Waals surface area contributed by atoms with Gasteiger partial charge in [-0.25, -0.2) is 4.98 Å². The number of nitrogens with zero attached hydrogens (tertiary/aromatic N) is 1. The van der Waals surface area contributed by atoms with Crippen LogP contribution in [0.3, 0.4) is 0 Å². The number of aryl methyl sites for hydroxylation is 2. The Morgan fingerprint density at radius 1 is 1.07 bits per heavy atom. The van der Waals surface area contributed by atoms with E-state index in [1.807, 2.05) is 0 Å². The first kappa shape index (κ1) is 20.3. The van der Waals surface area contributed by atoms with Crippen LogP contribution < -0.4 is 10.9 Å². The smallest absolute Gasteiger partial charge is 0.259 e. The average molecular weight is 410 g/mol. The first-order chi connectivity index (χ1) is 13.9. The maximum Gasteiger partial charge on any atom is 0.259 e. The average Bonchev–Trinajstić information content (AvgIpc) is 3.07. The van der Waals surface area contributed by atoms with Crippen LogP contribution in [0.1, 0.15) is 79.9 Å². The van der Waals surface area contributed by atoms with Crippen molar-refractivity contribution in [1.82, 2.24) is 15.3 Å². The summed E-state index contributed by atoms with van der Waals surface area (Å²) in [6.45, 7) is 9.44. The van der Waals surface area contributed by atoms with Gasteiger partial charge in [0.25, 0.3) is 5.56 Å². The lowest BCUT2D eigenvalue weighted by Gasteiger charge is -2.23.